The van der Waals surface area contributed by atoms with Gasteiger partial charge in [-0.3, -0.25) is 0 Å². The van der Waals surface area contributed by atoms with Crippen molar-refractivity contribution in [2.24, 2.45) is 5.73 Å². The minimum atomic E-state index is 0.733. The summed E-state index contributed by atoms with van der Waals surface area (Å²) >= 11 is 0. The first kappa shape index (κ1) is 14.2. The van der Waals surface area contributed by atoms with Crippen LogP contribution in [-0.2, 0) is 13.0 Å². The third-order valence-electron chi connectivity index (χ3n) is 3.12. The van der Waals surface area contributed by atoms with Crippen LogP contribution in [0.25, 0.3) is 0 Å². The summed E-state index contributed by atoms with van der Waals surface area (Å²) in [4.78, 5) is 2.41. The molecular formula is C15H26N2. The molecule has 0 heterocycles. The first-order valence-corrected chi connectivity index (χ1v) is 6.73. The largest absolute Gasteiger partial charge is 0.330 e. The highest BCUT2D eigenvalue weighted by Crippen LogP contribution is 2.12. The van der Waals surface area contributed by atoms with Gasteiger partial charge in [-0.05, 0) is 44.1 Å². The van der Waals surface area contributed by atoms with Gasteiger partial charge in [-0.1, -0.05) is 44.0 Å². The van der Waals surface area contributed by atoms with Gasteiger partial charge in [0, 0.05) is 6.54 Å². The number of benzene rings is 1. The van der Waals surface area contributed by atoms with Crippen molar-refractivity contribution in [2.75, 3.05) is 20.1 Å². The number of hydrogen-bond donors (Lipinski definition) is 1. The van der Waals surface area contributed by atoms with Crippen LogP contribution in [0.3, 0.4) is 0 Å². The average Bonchev–Trinajstić information content (AvgIpc) is 2.32. The van der Waals surface area contributed by atoms with Crippen LogP contribution >= 0.6 is 0 Å². The number of rotatable bonds is 8. The number of nitrogens with two attached hydrogens (primary N) is 1. The Hall–Kier alpha value is -0.860. The predicted octanol–water partition coefficient (Wildman–Crippen LogP) is 2.81. The third kappa shape index (κ3) is 5.33. The lowest BCUT2D eigenvalue weighted by molar-refractivity contribution is 0.317. The van der Waals surface area contributed by atoms with Crippen LogP contribution < -0.4 is 5.73 Å². The first-order chi connectivity index (χ1) is 8.27. The van der Waals surface area contributed by atoms with Crippen molar-refractivity contribution < 1.29 is 0 Å². The summed E-state index contributed by atoms with van der Waals surface area (Å²) in [7, 11) is 2.20. The van der Waals surface area contributed by atoms with E-state index in [4.69, 9.17) is 5.73 Å². The molecular weight excluding hydrogens is 208 g/mol. The highest BCUT2D eigenvalue weighted by molar-refractivity contribution is 5.27. The minimum absolute atomic E-state index is 0.733. The van der Waals surface area contributed by atoms with Crippen LogP contribution in [0, 0.1) is 0 Å². The molecule has 2 nitrogen and oxygen atoms in total. The van der Waals surface area contributed by atoms with E-state index in [9.17, 15) is 0 Å². The van der Waals surface area contributed by atoms with Crippen LogP contribution in [-0.4, -0.2) is 25.0 Å². The molecule has 17 heavy (non-hydrogen) atoms. The molecule has 0 bridgehead atoms. The Morgan fingerprint density at radius 3 is 2.47 bits per heavy atom. The maximum atomic E-state index is 5.64. The van der Waals surface area contributed by atoms with Gasteiger partial charge < -0.3 is 10.6 Å². The molecule has 1 rings (SSSR count). The van der Waals surface area contributed by atoms with Crippen molar-refractivity contribution in [3.63, 3.8) is 0 Å². The van der Waals surface area contributed by atoms with Gasteiger partial charge in [-0.2, -0.15) is 0 Å². The monoisotopic (exact) mass is 234 g/mol. The van der Waals surface area contributed by atoms with Crippen LogP contribution in [0.5, 0.6) is 0 Å². The Bertz CT molecular complexity index is 310. The van der Waals surface area contributed by atoms with Crippen LogP contribution in [0.1, 0.15) is 37.3 Å². The zero-order valence-electron chi connectivity index (χ0n) is 11.3. The fraction of sp³-hybridized carbons (Fsp3) is 0.600. The van der Waals surface area contributed by atoms with Gasteiger partial charge in [0.25, 0.3) is 0 Å². The summed E-state index contributed by atoms with van der Waals surface area (Å²) in [6, 6.07) is 8.64. The molecule has 0 unspecified atom stereocenters. The summed E-state index contributed by atoms with van der Waals surface area (Å²) in [5.74, 6) is 0. The molecule has 0 aliphatic heterocycles. The number of nitrogens with zero attached hydrogens (tertiary/aromatic N) is 1. The molecule has 2 heteroatoms. The van der Waals surface area contributed by atoms with E-state index in [1.807, 2.05) is 0 Å². The van der Waals surface area contributed by atoms with E-state index in [0.717, 1.165) is 19.5 Å². The predicted molar refractivity (Wildman–Crippen MR) is 75.1 cm³/mol. The SMILES string of the molecule is CCCCCN(C)Cc1ccccc1CCN. The molecule has 1 aromatic carbocycles. The van der Waals surface area contributed by atoms with E-state index in [2.05, 4.69) is 43.1 Å². The topological polar surface area (TPSA) is 29.3 Å². The van der Waals surface area contributed by atoms with Crippen molar-refractivity contribution in [3.05, 3.63) is 35.4 Å². The molecule has 0 fully saturated rings. The van der Waals surface area contributed by atoms with Crippen LogP contribution in [0.4, 0.5) is 0 Å². The molecule has 0 aromatic heterocycles. The van der Waals surface area contributed by atoms with E-state index in [1.165, 1.54) is 36.9 Å². The molecule has 0 radical (unpaired) electrons. The molecule has 2 N–H and O–H groups in total. The normalized spacial score (nSPS) is 11.1. The number of unbranched alkanes of at least 4 members (excludes halogenated alkanes) is 2. The highest BCUT2D eigenvalue weighted by atomic mass is 15.1. The van der Waals surface area contributed by atoms with Gasteiger partial charge in [0.2, 0.25) is 0 Å². The summed E-state index contributed by atoms with van der Waals surface area (Å²) in [5, 5.41) is 0. The Morgan fingerprint density at radius 2 is 1.82 bits per heavy atom. The smallest absolute Gasteiger partial charge is 0.0233 e. The molecule has 0 aliphatic rings. The maximum absolute atomic E-state index is 5.64. The third-order valence-corrected chi connectivity index (χ3v) is 3.12. The van der Waals surface area contributed by atoms with Gasteiger partial charge in [-0.15, -0.1) is 0 Å². The number of hydrogen-bond acceptors (Lipinski definition) is 2. The lowest BCUT2D eigenvalue weighted by Crippen LogP contribution is -2.20. The van der Waals surface area contributed by atoms with Crippen molar-refractivity contribution in [1.29, 1.82) is 0 Å². The molecule has 0 saturated heterocycles. The van der Waals surface area contributed by atoms with E-state index in [1.54, 1.807) is 0 Å². The zero-order valence-corrected chi connectivity index (χ0v) is 11.3. The summed E-state index contributed by atoms with van der Waals surface area (Å²) in [6.07, 6.45) is 4.90. The summed E-state index contributed by atoms with van der Waals surface area (Å²) in [5.41, 5.74) is 8.47. The van der Waals surface area contributed by atoms with E-state index >= 15 is 0 Å². The summed E-state index contributed by atoms with van der Waals surface area (Å²) < 4.78 is 0. The van der Waals surface area contributed by atoms with Gasteiger partial charge in [-0.25, -0.2) is 0 Å². The van der Waals surface area contributed by atoms with Crippen LogP contribution in [0.15, 0.2) is 24.3 Å². The lowest BCUT2D eigenvalue weighted by atomic mass is 10.0. The Labute approximate surface area is 106 Å². The minimum Gasteiger partial charge on any atom is -0.330 e. The molecule has 0 spiro atoms. The molecule has 0 atom stereocenters. The molecule has 96 valence electrons. The maximum Gasteiger partial charge on any atom is 0.0233 e. The van der Waals surface area contributed by atoms with E-state index in [-0.39, 0.29) is 0 Å². The van der Waals surface area contributed by atoms with E-state index in [0.29, 0.717) is 0 Å². The Kier molecular flexibility index (Phi) is 6.90. The fourth-order valence-electron chi connectivity index (χ4n) is 2.11. The second-order valence-corrected chi connectivity index (χ2v) is 4.75. The molecule has 0 saturated carbocycles. The Morgan fingerprint density at radius 1 is 1.12 bits per heavy atom. The van der Waals surface area contributed by atoms with Crippen molar-refractivity contribution >= 4 is 0 Å². The lowest BCUT2D eigenvalue weighted by Gasteiger charge is -2.18. The Balaban J connectivity index is 2.48. The second-order valence-electron chi connectivity index (χ2n) is 4.75. The standard InChI is InChI=1S/C15H26N2/c1-3-4-7-12-17(2)13-15-9-6-5-8-14(15)10-11-16/h5-6,8-9H,3-4,7,10-13,16H2,1-2H3. The quantitative estimate of drug-likeness (QED) is 0.701. The van der Waals surface area contributed by atoms with Crippen molar-refractivity contribution in [2.45, 2.75) is 39.2 Å². The average molecular weight is 234 g/mol. The summed E-state index contributed by atoms with van der Waals surface area (Å²) in [6.45, 7) is 5.21. The molecule has 1 aromatic rings. The van der Waals surface area contributed by atoms with Gasteiger partial charge in [0.05, 0.1) is 0 Å². The first-order valence-electron chi connectivity index (χ1n) is 6.73. The van der Waals surface area contributed by atoms with Crippen molar-refractivity contribution in [1.82, 2.24) is 4.90 Å². The van der Waals surface area contributed by atoms with Crippen molar-refractivity contribution in [3.8, 4) is 0 Å². The highest BCUT2D eigenvalue weighted by Gasteiger charge is 2.04. The fourth-order valence-corrected chi connectivity index (χ4v) is 2.11. The molecule has 0 amide bonds. The zero-order chi connectivity index (χ0) is 12.5. The van der Waals surface area contributed by atoms with Gasteiger partial charge >= 0.3 is 0 Å². The van der Waals surface area contributed by atoms with Gasteiger partial charge in [0.1, 0.15) is 0 Å². The molecule has 0 aliphatic carbocycles. The van der Waals surface area contributed by atoms with Crippen LogP contribution in [0.2, 0.25) is 0 Å². The van der Waals surface area contributed by atoms with Gasteiger partial charge in [0.15, 0.2) is 0 Å². The van der Waals surface area contributed by atoms with E-state index < -0.39 is 0 Å². The second kappa shape index (κ2) is 8.26.